The second kappa shape index (κ2) is 14.9. The summed E-state index contributed by atoms with van der Waals surface area (Å²) in [5, 5.41) is 15.3. The van der Waals surface area contributed by atoms with Crippen LogP contribution in [0.3, 0.4) is 0 Å². The molecule has 6 rings (SSSR count). The first-order chi connectivity index (χ1) is 24.4. The van der Waals surface area contributed by atoms with Crippen molar-refractivity contribution in [2.75, 3.05) is 32.8 Å². The SMILES string of the molecule is CC(=O)OCc1cc(C(=O)N2CCC(N3CC(CC#N)(n4cc(-c5ncnc6c5ccn6COCC[Si](C)C)cn4)C3)CC2)nc(C(F)(F)F)n1. The van der Waals surface area contributed by atoms with Crippen molar-refractivity contribution in [1.82, 2.24) is 44.1 Å². The topological polar surface area (TPSA) is 157 Å². The summed E-state index contributed by atoms with van der Waals surface area (Å²) in [4.78, 5) is 44.2. The lowest BCUT2D eigenvalue weighted by Crippen LogP contribution is -2.66. The molecule has 2 fully saturated rings. The summed E-state index contributed by atoms with van der Waals surface area (Å²) in [6, 6.07) is 6.60. The monoisotopic (exact) mass is 723 g/mol. The first-order valence-corrected chi connectivity index (χ1v) is 19.3. The van der Waals surface area contributed by atoms with Crippen LogP contribution in [0.25, 0.3) is 22.3 Å². The Hall–Kier alpha value is -4.73. The third-order valence-electron chi connectivity index (χ3n) is 9.22. The van der Waals surface area contributed by atoms with Gasteiger partial charge in [-0.2, -0.15) is 23.5 Å². The number of carbonyl (C=O) groups is 2. The van der Waals surface area contributed by atoms with Crippen molar-refractivity contribution < 1.29 is 32.2 Å². The molecule has 2 aliphatic rings. The van der Waals surface area contributed by atoms with Crippen LogP contribution in [0, 0.1) is 11.3 Å². The summed E-state index contributed by atoms with van der Waals surface area (Å²) in [5.41, 5.74) is 1.15. The lowest BCUT2D eigenvalue weighted by atomic mass is 9.83. The summed E-state index contributed by atoms with van der Waals surface area (Å²) < 4.78 is 55.0. The predicted molar refractivity (Wildman–Crippen MR) is 178 cm³/mol. The van der Waals surface area contributed by atoms with Gasteiger partial charge in [-0.1, -0.05) is 13.1 Å². The molecule has 0 bridgehead atoms. The van der Waals surface area contributed by atoms with Gasteiger partial charge in [0, 0.05) is 77.9 Å². The number of amides is 1. The highest BCUT2D eigenvalue weighted by atomic mass is 28.3. The Morgan fingerprint density at radius 1 is 1.16 bits per heavy atom. The maximum atomic E-state index is 13.5. The van der Waals surface area contributed by atoms with Gasteiger partial charge in [0.25, 0.3) is 5.91 Å². The number of nitriles is 1. The Kier molecular flexibility index (Phi) is 10.5. The number of hydrogen-bond acceptors (Lipinski definition) is 11. The average molecular weight is 724 g/mol. The van der Waals surface area contributed by atoms with Crippen LogP contribution in [0.5, 0.6) is 0 Å². The van der Waals surface area contributed by atoms with Crippen LogP contribution < -0.4 is 0 Å². The van der Waals surface area contributed by atoms with Gasteiger partial charge < -0.3 is 18.9 Å². The first kappa shape index (κ1) is 36.1. The number of esters is 1. The molecule has 2 aliphatic heterocycles. The van der Waals surface area contributed by atoms with E-state index >= 15 is 0 Å². The second-order valence-electron chi connectivity index (χ2n) is 13.2. The van der Waals surface area contributed by atoms with E-state index in [1.807, 2.05) is 27.7 Å². The van der Waals surface area contributed by atoms with Crippen molar-refractivity contribution in [3.05, 3.63) is 54.3 Å². The van der Waals surface area contributed by atoms with E-state index in [0.717, 1.165) is 41.3 Å². The minimum Gasteiger partial charge on any atom is -0.459 e. The van der Waals surface area contributed by atoms with Gasteiger partial charge in [0.2, 0.25) is 5.82 Å². The van der Waals surface area contributed by atoms with Gasteiger partial charge in [0.05, 0.1) is 30.1 Å². The normalized spacial score (nSPS) is 16.7. The molecule has 0 aromatic carbocycles. The van der Waals surface area contributed by atoms with Crippen molar-refractivity contribution in [2.45, 2.75) is 76.4 Å². The van der Waals surface area contributed by atoms with E-state index in [1.54, 1.807) is 6.20 Å². The molecule has 0 spiro atoms. The summed E-state index contributed by atoms with van der Waals surface area (Å²) in [6.07, 6.45) is 3.69. The molecule has 6 heterocycles. The minimum absolute atomic E-state index is 0.109. The number of piperidine rings is 1. The molecule has 269 valence electrons. The largest absolute Gasteiger partial charge is 0.459 e. The average Bonchev–Trinajstić information content (AvgIpc) is 3.74. The highest BCUT2D eigenvalue weighted by Crippen LogP contribution is 2.37. The van der Waals surface area contributed by atoms with E-state index in [1.165, 1.54) is 11.2 Å². The van der Waals surface area contributed by atoms with E-state index in [0.29, 0.717) is 52.4 Å². The number of rotatable bonds is 12. The van der Waals surface area contributed by atoms with Crippen LogP contribution in [0.1, 0.15) is 48.2 Å². The summed E-state index contributed by atoms with van der Waals surface area (Å²) in [7, 11) is -0.355. The first-order valence-electron chi connectivity index (χ1n) is 16.6. The Labute approximate surface area is 293 Å². The molecule has 0 N–H and O–H groups in total. The van der Waals surface area contributed by atoms with Crippen LogP contribution in [-0.4, -0.2) is 104 Å². The highest BCUT2D eigenvalue weighted by molar-refractivity contribution is 6.55. The van der Waals surface area contributed by atoms with Crippen LogP contribution in [0.2, 0.25) is 19.1 Å². The molecular weight excluding hydrogens is 686 g/mol. The molecule has 14 nitrogen and oxygen atoms in total. The smallest absolute Gasteiger partial charge is 0.451 e. The Balaban J connectivity index is 1.09. The number of ether oxygens (including phenoxy) is 2. The molecule has 0 saturated carbocycles. The molecule has 2 saturated heterocycles. The van der Waals surface area contributed by atoms with Crippen molar-refractivity contribution in [3.63, 3.8) is 0 Å². The van der Waals surface area contributed by atoms with Crippen molar-refractivity contribution in [2.24, 2.45) is 0 Å². The summed E-state index contributed by atoms with van der Waals surface area (Å²) >= 11 is 0. The number of alkyl halides is 3. The zero-order valence-corrected chi connectivity index (χ0v) is 29.6. The van der Waals surface area contributed by atoms with Crippen molar-refractivity contribution in [1.29, 1.82) is 5.26 Å². The quantitative estimate of drug-likeness (QED) is 0.118. The molecule has 0 unspecified atom stereocenters. The molecule has 1 radical (unpaired) electrons. The lowest BCUT2D eigenvalue weighted by molar-refractivity contribution is -0.145. The van der Waals surface area contributed by atoms with E-state index in [4.69, 9.17) is 9.47 Å². The maximum Gasteiger partial charge on any atom is 0.451 e. The standard InChI is InChI=1S/C33H38F3N10O4Si/c1-22(47)50-17-24-14-27(42-31(41-24)33(34,35)36)30(48)43-9-4-25(5-10-43)45-18-32(19-45,7-8-37)46-16-23(15-40-46)28-26-6-11-44(29(26)39-20-38-28)21-49-12-13-51(2)3/h6,11,14-16,20,25H,4-5,7,9-10,12-13,17-19,21H2,1-3H3. The Morgan fingerprint density at radius 2 is 1.92 bits per heavy atom. The van der Waals surface area contributed by atoms with Crippen LogP contribution >= 0.6 is 0 Å². The van der Waals surface area contributed by atoms with Crippen LogP contribution in [0.4, 0.5) is 13.2 Å². The lowest BCUT2D eigenvalue weighted by Gasteiger charge is -2.53. The number of hydrogen-bond donors (Lipinski definition) is 0. The molecular formula is C33H38F3N10O4Si. The molecule has 51 heavy (non-hydrogen) atoms. The fourth-order valence-electron chi connectivity index (χ4n) is 6.51. The number of carbonyl (C=O) groups excluding carboxylic acids is 2. The van der Waals surface area contributed by atoms with Gasteiger partial charge in [0.1, 0.15) is 36.5 Å². The molecule has 18 heteroatoms. The van der Waals surface area contributed by atoms with Crippen molar-refractivity contribution in [3.8, 4) is 17.3 Å². The molecule has 4 aromatic heterocycles. The number of halogens is 3. The fourth-order valence-corrected chi connectivity index (χ4v) is 7.07. The van der Waals surface area contributed by atoms with E-state index < -0.39 is 41.7 Å². The predicted octanol–water partition coefficient (Wildman–Crippen LogP) is 4.12. The number of aromatic nitrogens is 7. The van der Waals surface area contributed by atoms with Crippen LogP contribution in [0.15, 0.2) is 37.1 Å². The zero-order chi connectivity index (χ0) is 36.3. The third kappa shape index (κ3) is 7.95. The summed E-state index contributed by atoms with van der Waals surface area (Å²) in [6.45, 7) is 8.02. The van der Waals surface area contributed by atoms with Gasteiger partial charge in [0.15, 0.2) is 0 Å². The molecule has 4 aromatic rings. The van der Waals surface area contributed by atoms with Crippen LogP contribution in [-0.2, 0) is 39.3 Å². The Morgan fingerprint density at radius 3 is 2.61 bits per heavy atom. The Bertz CT molecular complexity index is 1930. The number of likely N-dealkylation sites (tertiary alicyclic amines) is 2. The number of fused-ring (bicyclic) bond motifs is 1. The molecule has 0 aliphatic carbocycles. The summed E-state index contributed by atoms with van der Waals surface area (Å²) in [5.74, 6) is -2.80. The van der Waals surface area contributed by atoms with Gasteiger partial charge in [-0.25, -0.2) is 19.9 Å². The zero-order valence-electron chi connectivity index (χ0n) is 28.6. The highest BCUT2D eigenvalue weighted by Gasteiger charge is 2.48. The minimum atomic E-state index is -4.88. The van der Waals surface area contributed by atoms with Gasteiger partial charge >= 0.3 is 12.1 Å². The van der Waals surface area contributed by atoms with E-state index in [9.17, 15) is 28.0 Å². The van der Waals surface area contributed by atoms with Gasteiger partial charge in [-0.3, -0.25) is 19.2 Å². The van der Waals surface area contributed by atoms with Gasteiger partial charge in [-0.15, -0.1) is 0 Å². The van der Waals surface area contributed by atoms with Gasteiger partial charge in [-0.05, 0) is 31.0 Å². The molecule has 1 amide bonds. The van der Waals surface area contributed by atoms with E-state index in [2.05, 4.69) is 49.1 Å². The third-order valence-corrected chi connectivity index (χ3v) is 10.4. The van der Waals surface area contributed by atoms with Crippen molar-refractivity contribution >= 4 is 31.7 Å². The second-order valence-corrected chi connectivity index (χ2v) is 16.2. The van der Waals surface area contributed by atoms with E-state index in [-0.39, 0.29) is 27.0 Å². The number of nitrogens with zero attached hydrogens (tertiary/aromatic N) is 10. The molecule has 0 atom stereocenters. The maximum absolute atomic E-state index is 13.5. The fraction of sp³-hybridized carbons (Fsp3) is 0.515.